The Balaban J connectivity index is 1.69. The minimum atomic E-state index is 0.634. The van der Waals surface area contributed by atoms with Crippen molar-refractivity contribution in [2.24, 2.45) is 0 Å². The fourth-order valence-corrected chi connectivity index (χ4v) is 3.94. The van der Waals surface area contributed by atoms with Crippen molar-refractivity contribution in [3.63, 3.8) is 0 Å². The molecule has 0 saturated carbocycles. The predicted molar refractivity (Wildman–Crippen MR) is 132 cm³/mol. The van der Waals surface area contributed by atoms with Gasteiger partial charge in [0.2, 0.25) is 0 Å². The number of benzene rings is 3. The van der Waals surface area contributed by atoms with Crippen LogP contribution in [0.1, 0.15) is 6.92 Å². The quantitative estimate of drug-likeness (QED) is 0.327. The van der Waals surface area contributed by atoms with E-state index in [1.54, 1.807) is 13.4 Å². The van der Waals surface area contributed by atoms with Gasteiger partial charge in [-0.2, -0.15) is 0 Å². The van der Waals surface area contributed by atoms with E-state index in [1.165, 1.54) is 0 Å². The minimum Gasteiger partial charge on any atom is -0.495 e. The Labute approximate surface area is 192 Å². The monoisotopic (exact) mass is 436 g/mol. The second-order valence-corrected chi connectivity index (χ2v) is 7.45. The smallest absolute Gasteiger partial charge is 0.150 e. The highest BCUT2D eigenvalue weighted by atomic mass is 16.5. The number of rotatable bonds is 7. The maximum absolute atomic E-state index is 5.61. The van der Waals surface area contributed by atoms with Crippen LogP contribution in [-0.2, 0) is 0 Å². The Bertz CT molecular complexity index is 1380. The third kappa shape index (κ3) is 3.99. The summed E-state index contributed by atoms with van der Waals surface area (Å²) < 4.78 is 13.2. The van der Waals surface area contributed by atoms with Crippen molar-refractivity contribution in [2.75, 3.05) is 19.0 Å². The maximum Gasteiger partial charge on any atom is 0.150 e. The molecule has 0 saturated heterocycles. The SMILES string of the molecule is CCOc1ccc(-n2cc(-c3ccccc3)c3c(Nc4ccccc4OC)ncnc32)cc1. The predicted octanol–water partition coefficient (Wildman–Crippen LogP) is 6.24. The molecule has 2 aromatic heterocycles. The van der Waals surface area contributed by atoms with Gasteiger partial charge in [0.25, 0.3) is 0 Å². The number of aromatic nitrogens is 3. The zero-order valence-electron chi connectivity index (χ0n) is 18.5. The second kappa shape index (κ2) is 9.04. The molecule has 5 rings (SSSR count). The molecule has 0 bridgehead atoms. The van der Waals surface area contributed by atoms with Gasteiger partial charge in [0.1, 0.15) is 23.6 Å². The average Bonchev–Trinajstić information content (AvgIpc) is 3.26. The average molecular weight is 437 g/mol. The standard InChI is InChI=1S/C27H24N4O2/c1-3-33-21-15-13-20(14-16-21)31-17-22(19-9-5-4-6-10-19)25-26(28-18-29-27(25)31)30-23-11-7-8-12-24(23)32-2/h4-18H,3H2,1-2H3,(H,28,29,30). The van der Waals surface area contributed by atoms with Crippen LogP contribution in [0, 0.1) is 0 Å². The molecule has 0 unspecified atom stereocenters. The van der Waals surface area contributed by atoms with Crippen molar-refractivity contribution in [1.29, 1.82) is 0 Å². The van der Waals surface area contributed by atoms with E-state index in [0.717, 1.165) is 45.0 Å². The summed E-state index contributed by atoms with van der Waals surface area (Å²) in [6.45, 7) is 2.61. The molecule has 164 valence electrons. The summed E-state index contributed by atoms with van der Waals surface area (Å²) in [6.07, 6.45) is 3.69. The van der Waals surface area contributed by atoms with Crippen LogP contribution in [0.3, 0.4) is 0 Å². The number of nitrogens with zero attached hydrogens (tertiary/aromatic N) is 3. The second-order valence-electron chi connectivity index (χ2n) is 7.45. The molecule has 0 aliphatic heterocycles. The Morgan fingerprint density at radius 3 is 2.39 bits per heavy atom. The number of anilines is 2. The van der Waals surface area contributed by atoms with Crippen LogP contribution in [0.2, 0.25) is 0 Å². The van der Waals surface area contributed by atoms with Gasteiger partial charge in [0.15, 0.2) is 5.65 Å². The molecule has 5 aromatic rings. The van der Waals surface area contributed by atoms with Crippen molar-refractivity contribution in [3.8, 4) is 28.3 Å². The molecule has 0 amide bonds. The van der Waals surface area contributed by atoms with Crippen LogP contribution >= 0.6 is 0 Å². The molecular formula is C27H24N4O2. The number of para-hydroxylation sites is 2. The molecular weight excluding hydrogens is 412 g/mol. The number of methoxy groups -OCH3 is 1. The van der Waals surface area contributed by atoms with Crippen molar-refractivity contribution in [1.82, 2.24) is 14.5 Å². The van der Waals surface area contributed by atoms with Crippen molar-refractivity contribution in [2.45, 2.75) is 6.92 Å². The third-order valence-corrected chi connectivity index (χ3v) is 5.45. The third-order valence-electron chi connectivity index (χ3n) is 5.45. The van der Waals surface area contributed by atoms with E-state index in [1.807, 2.05) is 73.7 Å². The molecule has 6 heteroatoms. The number of nitrogens with one attached hydrogen (secondary N) is 1. The minimum absolute atomic E-state index is 0.634. The first kappa shape index (κ1) is 20.6. The van der Waals surface area contributed by atoms with E-state index in [2.05, 4.69) is 38.2 Å². The first-order chi connectivity index (χ1) is 16.3. The van der Waals surface area contributed by atoms with Gasteiger partial charge in [-0.15, -0.1) is 0 Å². The molecule has 0 fully saturated rings. The van der Waals surface area contributed by atoms with Crippen LogP contribution in [-0.4, -0.2) is 28.3 Å². The summed E-state index contributed by atoms with van der Waals surface area (Å²) in [5, 5.41) is 4.39. The molecule has 0 aliphatic rings. The van der Waals surface area contributed by atoms with Gasteiger partial charge in [-0.1, -0.05) is 42.5 Å². The number of fused-ring (bicyclic) bond motifs is 1. The summed E-state index contributed by atoms with van der Waals surface area (Å²) in [6, 6.07) is 26.1. The highest BCUT2D eigenvalue weighted by molar-refractivity contribution is 6.03. The van der Waals surface area contributed by atoms with E-state index >= 15 is 0 Å². The van der Waals surface area contributed by atoms with Gasteiger partial charge < -0.3 is 19.4 Å². The summed E-state index contributed by atoms with van der Waals surface area (Å²) in [7, 11) is 1.66. The van der Waals surface area contributed by atoms with E-state index < -0.39 is 0 Å². The number of hydrogen-bond acceptors (Lipinski definition) is 5. The van der Waals surface area contributed by atoms with Crippen LogP contribution < -0.4 is 14.8 Å². The van der Waals surface area contributed by atoms with Crippen molar-refractivity contribution in [3.05, 3.63) is 91.4 Å². The van der Waals surface area contributed by atoms with Crippen molar-refractivity contribution < 1.29 is 9.47 Å². The lowest BCUT2D eigenvalue weighted by Crippen LogP contribution is -1.99. The van der Waals surface area contributed by atoms with Gasteiger partial charge in [-0.3, -0.25) is 0 Å². The van der Waals surface area contributed by atoms with Gasteiger partial charge in [0, 0.05) is 17.4 Å². The van der Waals surface area contributed by atoms with Gasteiger partial charge in [-0.25, -0.2) is 9.97 Å². The Kier molecular flexibility index (Phi) is 5.64. The fraction of sp³-hybridized carbons (Fsp3) is 0.111. The van der Waals surface area contributed by atoms with E-state index in [4.69, 9.17) is 9.47 Å². The van der Waals surface area contributed by atoms with Gasteiger partial charge in [-0.05, 0) is 48.9 Å². The van der Waals surface area contributed by atoms with Crippen LogP contribution in [0.4, 0.5) is 11.5 Å². The Morgan fingerprint density at radius 1 is 0.879 bits per heavy atom. The summed E-state index contributed by atoms with van der Waals surface area (Å²) in [5.74, 6) is 2.30. The number of hydrogen-bond donors (Lipinski definition) is 1. The summed E-state index contributed by atoms with van der Waals surface area (Å²) in [4.78, 5) is 9.25. The van der Waals surface area contributed by atoms with Crippen molar-refractivity contribution >= 4 is 22.5 Å². The number of ether oxygens (including phenoxy) is 2. The zero-order chi connectivity index (χ0) is 22.6. The normalized spacial score (nSPS) is 10.8. The van der Waals surface area contributed by atoms with Gasteiger partial charge in [0.05, 0.1) is 24.8 Å². The molecule has 0 atom stereocenters. The van der Waals surface area contributed by atoms with E-state index in [9.17, 15) is 0 Å². The Hall–Kier alpha value is -4.32. The molecule has 0 spiro atoms. The van der Waals surface area contributed by atoms with E-state index in [0.29, 0.717) is 12.4 Å². The molecule has 1 N–H and O–H groups in total. The maximum atomic E-state index is 5.61. The lowest BCUT2D eigenvalue weighted by atomic mass is 10.1. The Morgan fingerprint density at radius 2 is 1.64 bits per heavy atom. The molecule has 0 aliphatic carbocycles. The van der Waals surface area contributed by atoms with Gasteiger partial charge >= 0.3 is 0 Å². The summed E-state index contributed by atoms with van der Waals surface area (Å²) >= 11 is 0. The fourth-order valence-electron chi connectivity index (χ4n) is 3.94. The molecule has 33 heavy (non-hydrogen) atoms. The van der Waals surface area contributed by atoms with Crippen LogP contribution in [0.5, 0.6) is 11.5 Å². The lowest BCUT2D eigenvalue weighted by molar-refractivity contribution is 0.340. The highest BCUT2D eigenvalue weighted by Crippen LogP contribution is 2.37. The molecule has 2 heterocycles. The zero-order valence-corrected chi connectivity index (χ0v) is 18.5. The first-order valence-electron chi connectivity index (χ1n) is 10.8. The topological polar surface area (TPSA) is 61.2 Å². The molecule has 0 radical (unpaired) electrons. The summed E-state index contributed by atoms with van der Waals surface area (Å²) in [5.41, 5.74) is 4.77. The lowest BCUT2D eigenvalue weighted by Gasteiger charge is -2.12. The first-order valence-corrected chi connectivity index (χ1v) is 10.8. The molecule has 6 nitrogen and oxygen atoms in total. The highest BCUT2D eigenvalue weighted by Gasteiger charge is 2.18. The largest absolute Gasteiger partial charge is 0.495 e. The molecule has 3 aromatic carbocycles. The van der Waals surface area contributed by atoms with Crippen LogP contribution in [0.25, 0.3) is 27.8 Å². The van der Waals surface area contributed by atoms with E-state index in [-0.39, 0.29) is 0 Å². The van der Waals surface area contributed by atoms with Crippen LogP contribution in [0.15, 0.2) is 91.4 Å².